The van der Waals surface area contributed by atoms with E-state index in [1.54, 1.807) is 18.2 Å². The number of hydrogen-bond donors (Lipinski definition) is 2. The maximum atomic E-state index is 11.6. The summed E-state index contributed by atoms with van der Waals surface area (Å²) in [6.07, 6.45) is 4.76. The molecule has 0 spiro atoms. The lowest BCUT2D eigenvalue weighted by atomic mass is 10.0. The van der Waals surface area contributed by atoms with Crippen LogP contribution in [0.1, 0.15) is 29.3 Å². The largest absolute Gasteiger partial charge is 0.478 e. The van der Waals surface area contributed by atoms with Gasteiger partial charge in [-0.1, -0.05) is 30.4 Å². The zero-order chi connectivity index (χ0) is 13.4. The van der Waals surface area contributed by atoms with Gasteiger partial charge in [-0.15, -0.1) is 0 Å². The Bertz CT molecular complexity index is 452. The predicted molar refractivity (Wildman–Crippen MR) is 69.5 cm³/mol. The highest BCUT2D eigenvalue weighted by Crippen LogP contribution is 2.09. The molecule has 96 valence electrons. The van der Waals surface area contributed by atoms with Crippen LogP contribution in [0.2, 0.25) is 0 Å². The molecule has 1 aromatic carbocycles. The Morgan fingerprint density at radius 3 is 2.72 bits per heavy atom. The fraction of sp³-hybridized carbons (Fsp3) is 0.286. The van der Waals surface area contributed by atoms with Gasteiger partial charge in [0, 0.05) is 6.54 Å². The quantitative estimate of drug-likeness (QED) is 0.597. The fourth-order valence-electron chi connectivity index (χ4n) is 1.58. The van der Waals surface area contributed by atoms with Crippen LogP contribution in [0.15, 0.2) is 36.4 Å². The van der Waals surface area contributed by atoms with Crippen LogP contribution in [0.4, 0.5) is 0 Å². The minimum absolute atomic E-state index is 0.0955. The Kier molecular flexibility index (Phi) is 5.64. The molecule has 1 rings (SSSR count). The van der Waals surface area contributed by atoms with E-state index in [1.165, 1.54) is 6.07 Å². The lowest BCUT2D eigenvalue weighted by Crippen LogP contribution is -2.26. The van der Waals surface area contributed by atoms with Crippen molar-refractivity contribution >= 4 is 11.9 Å². The summed E-state index contributed by atoms with van der Waals surface area (Å²) in [7, 11) is 0. The zero-order valence-electron chi connectivity index (χ0n) is 10.3. The SMILES string of the molecule is C/C=C/CCNC(=O)Cc1ccccc1C(=O)O. The molecular weight excluding hydrogens is 230 g/mol. The first kappa shape index (κ1) is 14.0. The van der Waals surface area contributed by atoms with E-state index in [0.717, 1.165) is 6.42 Å². The van der Waals surface area contributed by atoms with Gasteiger partial charge in [-0.05, 0) is 25.0 Å². The molecule has 0 heterocycles. The summed E-state index contributed by atoms with van der Waals surface area (Å²) in [6, 6.07) is 6.55. The molecular formula is C14H17NO3. The van der Waals surface area contributed by atoms with Crippen molar-refractivity contribution < 1.29 is 14.7 Å². The van der Waals surface area contributed by atoms with Crippen molar-refractivity contribution in [1.82, 2.24) is 5.32 Å². The molecule has 0 fully saturated rings. The van der Waals surface area contributed by atoms with Gasteiger partial charge >= 0.3 is 5.97 Å². The zero-order valence-corrected chi connectivity index (χ0v) is 10.3. The number of nitrogens with one attached hydrogen (secondary N) is 1. The number of rotatable bonds is 6. The van der Waals surface area contributed by atoms with Gasteiger partial charge in [0.25, 0.3) is 0 Å². The van der Waals surface area contributed by atoms with E-state index in [1.807, 2.05) is 19.1 Å². The molecule has 0 saturated heterocycles. The van der Waals surface area contributed by atoms with Crippen LogP contribution < -0.4 is 5.32 Å². The molecule has 18 heavy (non-hydrogen) atoms. The number of benzene rings is 1. The Balaban J connectivity index is 2.56. The molecule has 0 aromatic heterocycles. The van der Waals surface area contributed by atoms with Gasteiger partial charge < -0.3 is 10.4 Å². The van der Waals surface area contributed by atoms with Crippen molar-refractivity contribution in [1.29, 1.82) is 0 Å². The molecule has 4 nitrogen and oxygen atoms in total. The maximum Gasteiger partial charge on any atom is 0.335 e. The van der Waals surface area contributed by atoms with Crippen molar-refractivity contribution in [2.24, 2.45) is 0 Å². The molecule has 0 radical (unpaired) electrons. The molecule has 0 atom stereocenters. The van der Waals surface area contributed by atoms with Crippen molar-refractivity contribution in [3.05, 3.63) is 47.5 Å². The predicted octanol–water partition coefficient (Wildman–Crippen LogP) is 2.01. The molecule has 0 aliphatic heterocycles. The monoisotopic (exact) mass is 247 g/mol. The van der Waals surface area contributed by atoms with Crippen LogP contribution in [0, 0.1) is 0 Å². The van der Waals surface area contributed by atoms with E-state index < -0.39 is 5.97 Å². The van der Waals surface area contributed by atoms with Gasteiger partial charge in [0.1, 0.15) is 0 Å². The van der Waals surface area contributed by atoms with Crippen LogP contribution in [0.25, 0.3) is 0 Å². The Hall–Kier alpha value is -2.10. The van der Waals surface area contributed by atoms with E-state index in [9.17, 15) is 9.59 Å². The highest BCUT2D eigenvalue weighted by molar-refractivity contribution is 5.91. The molecule has 0 saturated carbocycles. The smallest absolute Gasteiger partial charge is 0.335 e. The fourth-order valence-corrected chi connectivity index (χ4v) is 1.58. The summed E-state index contributed by atoms with van der Waals surface area (Å²) in [6.45, 7) is 2.49. The van der Waals surface area contributed by atoms with Gasteiger partial charge in [-0.3, -0.25) is 4.79 Å². The third-order valence-corrected chi connectivity index (χ3v) is 2.47. The summed E-state index contributed by atoms with van der Waals surface area (Å²) < 4.78 is 0. The highest BCUT2D eigenvalue weighted by Gasteiger charge is 2.11. The maximum absolute atomic E-state index is 11.6. The average molecular weight is 247 g/mol. The number of carbonyl (C=O) groups is 2. The first-order chi connectivity index (χ1) is 8.65. The van der Waals surface area contributed by atoms with Crippen molar-refractivity contribution in [3.8, 4) is 0 Å². The van der Waals surface area contributed by atoms with Crippen LogP contribution in [0.5, 0.6) is 0 Å². The third-order valence-electron chi connectivity index (χ3n) is 2.47. The van der Waals surface area contributed by atoms with E-state index in [-0.39, 0.29) is 17.9 Å². The van der Waals surface area contributed by atoms with Crippen LogP contribution in [-0.2, 0) is 11.2 Å². The summed E-state index contributed by atoms with van der Waals surface area (Å²) in [5.74, 6) is -1.17. The van der Waals surface area contributed by atoms with Crippen LogP contribution >= 0.6 is 0 Å². The molecule has 2 N–H and O–H groups in total. The second kappa shape index (κ2) is 7.27. The standard InChI is InChI=1S/C14H17NO3/c1-2-3-6-9-15-13(16)10-11-7-4-5-8-12(11)14(17)18/h2-5,7-8H,6,9-10H2,1H3,(H,15,16)(H,17,18)/b3-2+. The second-order valence-corrected chi connectivity index (χ2v) is 3.85. The number of hydrogen-bond acceptors (Lipinski definition) is 2. The van der Waals surface area contributed by atoms with Gasteiger partial charge in [0.15, 0.2) is 0 Å². The number of carboxylic acids is 1. The molecule has 0 aliphatic rings. The molecule has 0 bridgehead atoms. The number of carboxylic acid groups (broad SMARTS) is 1. The van der Waals surface area contributed by atoms with E-state index >= 15 is 0 Å². The lowest BCUT2D eigenvalue weighted by Gasteiger charge is -2.06. The first-order valence-electron chi connectivity index (χ1n) is 5.84. The first-order valence-corrected chi connectivity index (χ1v) is 5.84. The van der Waals surface area contributed by atoms with Crippen molar-refractivity contribution in [2.45, 2.75) is 19.8 Å². The van der Waals surface area contributed by atoms with E-state index in [4.69, 9.17) is 5.11 Å². The van der Waals surface area contributed by atoms with Crippen molar-refractivity contribution in [2.75, 3.05) is 6.54 Å². The number of amides is 1. The summed E-state index contributed by atoms with van der Waals surface area (Å²) in [4.78, 5) is 22.6. The number of aromatic carboxylic acids is 1. The third kappa shape index (κ3) is 4.41. The molecule has 1 amide bonds. The highest BCUT2D eigenvalue weighted by atomic mass is 16.4. The average Bonchev–Trinajstić information content (AvgIpc) is 2.35. The van der Waals surface area contributed by atoms with Gasteiger partial charge in [0.05, 0.1) is 12.0 Å². The minimum atomic E-state index is -1.01. The van der Waals surface area contributed by atoms with Gasteiger partial charge in [-0.25, -0.2) is 4.79 Å². The lowest BCUT2D eigenvalue weighted by molar-refractivity contribution is -0.120. The topological polar surface area (TPSA) is 66.4 Å². The van der Waals surface area contributed by atoms with Gasteiger partial charge in [0.2, 0.25) is 5.91 Å². The Labute approximate surface area is 106 Å². The molecule has 0 aliphatic carbocycles. The van der Waals surface area contributed by atoms with E-state index in [2.05, 4.69) is 5.32 Å². The molecule has 4 heteroatoms. The normalized spacial score (nSPS) is 10.5. The minimum Gasteiger partial charge on any atom is -0.478 e. The second-order valence-electron chi connectivity index (χ2n) is 3.85. The number of carbonyl (C=O) groups excluding carboxylic acids is 1. The summed E-state index contributed by atoms with van der Waals surface area (Å²) in [5, 5.41) is 11.7. The Morgan fingerprint density at radius 1 is 1.33 bits per heavy atom. The van der Waals surface area contributed by atoms with Crippen LogP contribution in [-0.4, -0.2) is 23.5 Å². The summed E-state index contributed by atoms with van der Waals surface area (Å²) in [5.41, 5.74) is 0.717. The Morgan fingerprint density at radius 2 is 2.06 bits per heavy atom. The van der Waals surface area contributed by atoms with Crippen molar-refractivity contribution in [3.63, 3.8) is 0 Å². The van der Waals surface area contributed by atoms with E-state index in [0.29, 0.717) is 12.1 Å². The van der Waals surface area contributed by atoms with Gasteiger partial charge in [-0.2, -0.15) is 0 Å². The summed E-state index contributed by atoms with van der Waals surface area (Å²) >= 11 is 0. The number of allylic oxidation sites excluding steroid dienone is 1. The molecule has 1 aromatic rings. The molecule has 0 unspecified atom stereocenters. The van der Waals surface area contributed by atoms with Crippen LogP contribution in [0.3, 0.4) is 0 Å².